The summed E-state index contributed by atoms with van der Waals surface area (Å²) in [4.78, 5) is 26.9. The minimum Gasteiger partial charge on any atom is -0.452 e. The number of aromatic nitrogens is 1. The molecule has 0 atom stereocenters. The first-order valence-electron chi connectivity index (χ1n) is 7.45. The highest BCUT2D eigenvalue weighted by Gasteiger charge is 2.11. The molecule has 0 spiro atoms. The number of urea groups is 1. The Balaban J connectivity index is 1.59. The highest BCUT2D eigenvalue weighted by atomic mass is 16.5. The minimum atomic E-state index is -0.673. The van der Waals surface area contributed by atoms with E-state index in [-0.39, 0.29) is 6.61 Å². The molecule has 7 nitrogen and oxygen atoms in total. The second-order valence-corrected chi connectivity index (χ2v) is 5.13. The van der Waals surface area contributed by atoms with E-state index >= 15 is 0 Å². The molecule has 2 amide bonds. The molecular formula is C18H15N3O4. The van der Waals surface area contributed by atoms with Crippen LogP contribution in [0.3, 0.4) is 0 Å². The lowest BCUT2D eigenvalue weighted by molar-refractivity contribution is 0.0439. The number of ether oxygens (including phenoxy) is 1. The summed E-state index contributed by atoms with van der Waals surface area (Å²) in [6, 6.07) is 15.0. The van der Waals surface area contributed by atoms with Gasteiger partial charge in [0.25, 0.3) is 0 Å². The van der Waals surface area contributed by atoms with Gasteiger partial charge in [-0.25, -0.2) is 14.6 Å². The average Bonchev–Trinajstić information content (AvgIpc) is 3.10. The molecule has 0 aliphatic rings. The molecule has 25 heavy (non-hydrogen) atoms. The number of oxazole rings is 1. The van der Waals surface area contributed by atoms with Gasteiger partial charge in [0.15, 0.2) is 12.4 Å². The summed E-state index contributed by atoms with van der Waals surface area (Å²) in [6.07, 6.45) is 1.59. The zero-order valence-corrected chi connectivity index (χ0v) is 13.1. The molecule has 3 N–H and O–H groups in total. The van der Waals surface area contributed by atoms with Gasteiger partial charge in [-0.15, -0.1) is 0 Å². The van der Waals surface area contributed by atoms with Crippen molar-refractivity contribution in [2.45, 2.75) is 6.61 Å². The number of amides is 2. The first-order chi connectivity index (χ1) is 12.1. The molecule has 0 radical (unpaired) electrons. The molecule has 7 heteroatoms. The molecule has 1 heterocycles. The van der Waals surface area contributed by atoms with Crippen LogP contribution in [0.2, 0.25) is 0 Å². The number of carbonyl (C=O) groups excluding carboxylic acids is 2. The molecule has 0 aliphatic carbocycles. The molecule has 2 aromatic carbocycles. The molecule has 3 aromatic rings. The van der Waals surface area contributed by atoms with E-state index in [4.69, 9.17) is 14.9 Å². The normalized spacial score (nSPS) is 10.2. The highest BCUT2D eigenvalue weighted by molar-refractivity contribution is 5.91. The zero-order chi connectivity index (χ0) is 17.6. The largest absolute Gasteiger partial charge is 0.452 e. The van der Waals surface area contributed by atoms with Crippen LogP contribution in [0, 0.1) is 0 Å². The summed E-state index contributed by atoms with van der Waals surface area (Å²) >= 11 is 0. The fraction of sp³-hybridized carbons (Fsp3) is 0.0556. The van der Waals surface area contributed by atoms with Crippen molar-refractivity contribution < 1.29 is 18.7 Å². The van der Waals surface area contributed by atoms with Crippen molar-refractivity contribution in [3.05, 3.63) is 72.2 Å². The fourth-order valence-electron chi connectivity index (χ4n) is 2.16. The van der Waals surface area contributed by atoms with Gasteiger partial charge in [-0.1, -0.05) is 30.3 Å². The number of benzene rings is 2. The van der Waals surface area contributed by atoms with Crippen LogP contribution in [0.5, 0.6) is 0 Å². The van der Waals surface area contributed by atoms with E-state index in [1.54, 1.807) is 18.3 Å². The summed E-state index contributed by atoms with van der Waals surface area (Å²) in [6.45, 7) is -0.0764. The lowest BCUT2D eigenvalue weighted by Gasteiger charge is -2.04. The van der Waals surface area contributed by atoms with Crippen LogP contribution in [0.15, 0.2) is 65.2 Å². The quantitative estimate of drug-likeness (QED) is 0.695. The number of nitrogens with one attached hydrogen (secondary N) is 1. The Labute approximate surface area is 143 Å². The van der Waals surface area contributed by atoms with Crippen LogP contribution >= 0.6 is 0 Å². The third-order valence-corrected chi connectivity index (χ3v) is 3.33. The Hall–Kier alpha value is -3.61. The van der Waals surface area contributed by atoms with Gasteiger partial charge < -0.3 is 20.2 Å². The van der Waals surface area contributed by atoms with E-state index in [1.165, 1.54) is 12.1 Å². The van der Waals surface area contributed by atoms with E-state index < -0.39 is 12.0 Å². The van der Waals surface area contributed by atoms with Gasteiger partial charge >= 0.3 is 12.0 Å². The van der Waals surface area contributed by atoms with Crippen molar-refractivity contribution in [2.24, 2.45) is 5.73 Å². The molecule has 0 saturated heterocycles. The van der Waals surface area contributed by atoms with Gasteiger partial charge in [-0.3, -0.25) is 0 Å². The van der Waals surface area contributed by atoms with E-state index in [0.29, 0.717) is 22.9 Å². The number of rotatable bonds is 5. The summed E-state index contributed by atoms with van der Waals surface area (Å²) in [5, 5.41) is 2.41. The van der Waals surface area contributed by atoms with Gasteiger partial charge in [-0.2, -0.15) is 0 Å². The molecule has 0 aliphatic heterocycles. The molecular weight excluding hydrogens is 322 g/mol. The maximum Gasteiger partial charge on any atom is 0.338 e. The van der Waals surface area contributed by atoms with Gasteiger partial charge in [0, 0.05) is 11.3 Å². The fourth-order valence-corrected chi connectivity index (χ4v) is 2.16. The molecule has 0 saturated carbocycles. The van der Waals surface area contributed by atoms with Gasteiger partial charge in [-0.05, 0) is 24.3 Å². The molecule has 126 valence electrons. The van der Waals surface area contributed by atoms with E-state index in [9.17, 15) is 9.59 Å². The van der Waals surface area contributed by atoms with Crippen LogP contribution in [0.1, 0.15) is 16.2 Å². The summed E-state index contributed by atoms with van der Waals surface area (Å²) in [7, 11) is 0. The summed E-state index contributed by atoms with van der Waals surface area (Å²) < 4.78 is 10.7. The van der Waals surface area contributed by atoms with Gasteiger partial charge in [0.2, 0.25) is 5.89 Å². The number of primary amides is 1. The van der Waals surface area contributed by atoms with Crippen molar-refractivity contribution in [3.8, 4) is 11.3 Å². The highest BCUT2D eigenvalue weighted by Crippen LogP contribution is 2.20. The third-order valence-electron chi connectivity index (χ3n) is 3.33. The Morgan fingerprint density at radius 1 is 1.08 bits per heavy atom. The third kappa shape index (κ3) is 4.23. The van der Waals surface area contributed by atoms with Gasteiger partial charge in [0.05, 0.1) is 11.8 Å². The van der Waals surface area contributed by atoms with Crippen molar-refractivity contribution in [2.75, 3.05) is 5.32 Å². The minimum absolute atomic E-state index is 0.0764. The predicted molar refractivity (Wildman–Crippen MR) is 90.7 cm³/mol. The number of nitrogens with two attached hydrogens (primary N) is 1. The van der Waals surface area contributed by atoms with E-state index in [0.717, 1.165) is 5.56 Å². The smallest absolute Gasteiger partial charge is 0.338 e. The lowest BCUT2D eigenvalue weighted by Crippen LogP contribution is -2.19. The maximum absolute atomic E-state index is 12.0. The topological polar surface area (TPSA) is 107 Å². The van der Waals surface area contributed by atoms with Crippen molar-refractivity contribution in [1.82, 2.24) is 4.98 Å². The van der Waals surface area contributed by atoms with Crippen molar-refractivity contribution >= 4 is 17.7 Å². The van der Waals surface area contributed by atoms with Crippen LogP contribution in [-0.4, -0.2) is 17.0 Å². The number of anilines is 1. The standard InChI is InChI=1S/C18H15N3O4/c19-18(23)21-14-8-6-13(7-9-14)17(22)24-11-16-20-10-15(25-16)12-4-2-1-3-5-12/h1-10H,11H2,(H3,19,21,23). The van der Waals surface area contributed by atoms with Crippen molar-refractivity contribution in [3.63, 3.8) is 0 Å². The van der Waals surface area contributed by atoms with Crippen LogP contribution in [0.4, 0.5) is 10.5 Å². The number of esters is 1. The zero-order valence-electron chi connectivity index (χ0n) is 13.1. The Morgan fingerprint density at radius 3 is 2.48 bits per heavy atom. The monoisotopic (exact) mass is 337 g/mol. The SMILES string of the molecule is NC(=O)Nc1ccc(C(=O)OCc2ncc(-c3ccccc3)o2)cc1. The summed E-state index contributed by atoms with van der Waals surface area (Å²) in [5.41, 5.74) is 6.74. The average molecular weight is 337 g/mol. The number of hydrogen-bond donors (Lipinski definition) is 2. The molecule has 0 fully saturated rings. The second-order valence-electron chi connectivity index (χ2n) is 5.13. The Kier molecular flexibility index (Phi) is 4.75. The van der Waals surface area contributed by atoms with Crippen LogP contribution in [-0.2, 0) is 11.3 Å². The van der Waals surface area contributed by atoms with Crippen LogP contribution < -0.4 is 11.1 Å². The molecule has 3 rings (SSSR count). The predicted octanol–water partition coefficient (Wildman–Crippen LogP) is 3.19. The summed E-state index contributed by atoms with van der Waals surface area (Å²) in [5.74, 6) is 0.387. The maximum atomic E-state index is 12.0. The van der Waals surface area contributed by atoms with Gasteiger partial charge in [0.1, 0.15) is 0 Å². The van der Waals surface area contributed by atoms with Crippen molar-refractivity contribution in [1.29, 1.82) is 0 Å². The first-order valence-corrected chi connectivity index (χ1v) is 7.45. The Bertz CT molecular complexity index is 873. The number of carbonyl (C=O) groups is 2. The Morgan fingerprint density at radius 2 is 1.80 bits per heavy atom. The van der Waals surface area contributed by atoms with E-state index in [1.807, 2.05) is 30.3 Å². The second kappa shape index (κ2) is 7.31. The molecule has 1 aromatic heterocycles. The molecule has 0 unspecified atom stereocenters. The number of hydrogen-bond acceptors (Lipinski definition) is 5. The lowest BCUT2D eigenvalue weighted by atomic mass is 10.2. The van der Waals surface area contributed by atoms with Crippen LogP contribution in [0.25, 0.3) is 11.3 Å². The molecule has 0 bridgehead atoms. The first kappa shape index (κ1) is 16.3. The van der Waals surface area contributed by atoms with E-state index in [2.05, 4.69) is 10.3 Å². The number of nitrogens with zero attached hydrogens (tertiary/aromatic N) is 1.